The largest absolute Gasteiger partial charge is 0.278 e. The SMILES string of the molecule is NS(=O)(=O)c1ccccc1NS(=O)(=O)c1ccc(Br)s1. The lowest BCUT2D eigenvalue weighted by Gasteiger charge is -2.09. The van der Waals surface area contributed by atoms with Gasteiger partial charge in [-0.3, -0.25) is 4.72 Å². The molecule has 3 N–H and O–H groups in total. The Morgan fingerprint density at radius 2 is 1.70 bits per heavy atom. The van der Waals surface area contributed by atoms with E-state index >= 15 is 0 Å². The highest BCUT2D eigenvalue weighted by molar-refractivity contribution is 9.11. The summed E-state index contributed by atoms with van der Waals surface area (Å²) in [6.45, 7) is 0. The van der Waals surface area contributed by atoms with Crippen LogP contribution >= 0.6 is 27.3 Å². The van der Waals surface area contributed by atoms with Crippen LogP contribution in [0.25, 0.3) is 0 Å². The van der Waals surface area contributed by atoms with Crippen LogP contribution in [-0.4, -0.2) is 16.8 Å². The van der Waals surface area contributed by atoms with Crippen LogP contribution < -0.4 is 9.86 Å². The van der Waals surface area contributed by atoms with Gasteiger partial charge in [-0.2, -0.15) is 0 Å². The first-order valence-electron chi connectivity index (χ1n) is 5.10. The Morgan fingerprint density at radius 1 is 1.05 bits per heavy atom. The highest BCUT2D eigenvalue weighted by atomic mass is 79.9. The minimum atomic E-state index is -4.02. The van der Waals surface area contributed by atoms with Crippen molar-refractivity contribution >= 4 is 53.0 Å². The van der Waals surface area contributed by atoms with Gasteiger partial charge in [-0.05, 0) is 40.2 Å². The van der Waals surface area contributed by atoms with E-state index in [9.17, 15) is 16.8 Å². The number of hydrogen-bond donors (Lipinski definition) is 2. The third-order valence-electron chi connectivity index (χ3n) is 2.25. The quantitative estimate of drug-likeness (QED) is 0.823. The number of thiophene rings is 1. The van der Waals surface area contributed by atoms with Crippen LogP contribution in [0.1, 0.15) is 0 Å². The van der Waals surface area contributed by atoms with Crippen molar-refractivity contribution in [2.45, 2.75) is 9.10 Å². The summed E-state index contributed by atoms with van der Waals surface area (Å²) in [5.41, 5.74) is -0.0838. The maximum Gasteiger partial charge on any atom is 0.271 e. The van der Waals surface area contributed by atoms with Gasteiger partial charge < -0.3 is 0 Å². The molecule has 0 aliphatic rings. The van der Waals surface area contributed by atoms with Crippen LogP contribution in [0.15, 0.2) is 49.3 Å². The van der Waals surface area contributed by atoms with E-state index in [2.05, 4.69) is 20.7 Å². The Balaban J connectivity index is 2.46. The zero-order valence-electron chi connectivity index (χ0n) is 9.78. The number of benzene rings is 1. The van der Waals surface area contributed by atoms with Gasteiger partial charge in [0, 0.05) is 0 Å². The van der Waals surface area contributed by atoms with E-state index < -0.39 is 20.0 Å². The van der Waals surface area contributed by atoms with Crippen molar-refractivity contribution in [2.24, 2.45) is 5.14 Å². The molecule has 20 heavy (non-hydrogen) atoms. The normalized spacial score (nSPS) is 12.3. The molecule has 0 saturated heterocycles. The highest BCUT2D eigenvalue weighted by Gasteiger charge is 2.21. The summed E-state index contributed by atoms with van der Waals surface area (Å²) < 4.78 is 50.1. The number of halogens is 1. The van der Waals surface area contributed by atoms with Crippen LogP contribution in [0.5, 0.6) is 0 Å². The zero-order valence-corrected chi connectivity index (χ0v) is 13.8. The van der Waals surface area contributed by atoms with Gasteiger partial charge in [0.15, 0.2) is 0 Å². The second kappa shape index (κ2) is 5.45. The molecule has 2 aromatic rings. The topological polar surface area (TPSA) is 106 Å². The van der Waals surface area contributed by atoms with Gasteiger partial charge in [-0.1, -0.05) is 12.1 Å². The number of primary sulfonamides is 1. The number of sulfonamides is 2. The number of hydrogen-bond acceptors (Lipinski definition) is 5. The molecule has 0 unspecified atom stereocenters. The molecule has 0 aliphatic carbocycles. The zero-order chi connectivity index (χ0) is 15.0. The van der Waals surface area contributed by atoms with Crippen LogP contribution in [0.3, 0.4) is 0 Å². The van der Waals surface area contributed by atoms with Crippen molar-refractivity contribution < 1.29 is 16.8 Å². The monoisotopic (exact) mass is 396 g/mol. The Labute approximate surface area is 128 Å². The van der Waals surface area contributed by atoms with E-state index in [4.69, 9.17) is 5.14 Å². The lowest BCUT2D eigenvalue weighted by Crippen LogP contribution is -2.18. The number of nitrogens with one attached hydrogen (secondary N) is 1. The highest BCUT2D eigenvalue weighted by Crippen LogP contribution is 2.29. The van der Waals surface area contributed by atoms with Gasteiger partial charge >= 0.3 is 0 Å². The smallest absolute Gasteiger partial charge is 0.271 e. The summed E-state index contributed by atoms with van der Waals surface area (Å²) >= 11 is 4.18. The maximum atomic E-state index is 12.1. The molecule has 1 aromatic carbocycles. The number of para-hydroxylation sites is 1. The maximum absolute atomic E-state index is 12.1. The van der Waals surface area contributed by atoms with Crippen LogP contribution in [0.4, 0.5) is 5.69 Å². The molecule has 108 valence electrons. The summed E-state index contributed by atoms with van der Waals surface area (Å²) in [7, 11) is -7.87. The lowest BCUT2D eigenvalue weighted by molar-refractivity contribution is 0.598. The molecule has 0 fully saturated rings. The van der Waals surface area contributed by atoms with E-state index in [1.165, 1.54) is 30.3 Å². The molecule has 1 heterocycles. The van der Waals surface area contributed by atoms with Crippen molar-refractivity contribution in [1.29, 1.82) is 0 Å². The minimum Gasteiger partial charge on any atom is -0.278 e. The average Bonchev–Trinajstić information content (AvgIpc) is 2.75. The molecule has 0 radical (unpaired) electrons. The van der Waals surface area contributed by atoms with E-state index in [0.717, 1.165) is 11.3 Å². The van der Waals surface area contributed by atoms with Gasteiger partial charge in [0.05, 0.1) is 9.47 Å². The van der Waals surface area contributed by atoms with E-state index in [-0.39, 0.29) is 14.8 Å². The van der Waals surface area contributed by atoms with Crippen molar-refractivity contribution in [3.05, 3.63) is 40.2 Å². The van der Waals surface area contributed by atoms with Crippen LogP contribution in [0.2, 0.25) is 0 Å². The Morgan fingerprint density at radius 3 is 2.25 bits per heavy atom. The predicted octanol–water partition coefficient (Wildman–Crippen LogP) is 1.96. The summed E-state index contributed by atoms with van der Waals surface area (Å²) in [6.07, 6.45) is 0. The third-order valence-corrected chi connectivity index (χ3v) is 6.70. The predicted molar refractivity (Wildman–Crippen MR) is 80.6 cm³/mol. The second-order valence-corrected chi connectivity index (χ2v) is 9.61. The summed E-state index contributed by atoms with van der Waals surface area (Å²) in [5, 5.41) is 5.05. The van der Waals surface area contributed by atoms with E-state index in [0.29, 0.717) is 3.79 Å². The van der Waals surface area contributed by atoms with Crippen molar-refractivity contribution in [2.75, 3.05) is 4.72 Å². The van der Waals surface area contributed by atoms with Gasteiger partial charge in [0.1, 0.15) is 9.10 Å². The van der Waals surface area contributed by atoms with Crippen molar-refractivity contribution in [1.82, 2.24) is 0 Å². The molecular formula is C10H9BrN2O4S3. The van der Waals surface area contributed by atoms with Crippen molar-refractivity contribution in [3.8, 4) is 0 Å². The molecule has 0 aliphatic heterocycles. The summed E-state index contributed by atoms with van der Waals surface area (Å²) in [6, 6.07) is 8.54. The van der Waals surface area contributed by atoms with Gasteiger partial charge in [0.25, 0.3) is 10.0 Å². The van der Waals surface area contributed by atoms with Crippen LogP contribution in [0, 0.1) is 0 Å². The van der Waals surface area contributed by atoms with E-state index in [1.54, 1.807) is 6.07 Å². The Bertz CT molecular complexity index is 843. The van der Waals surface area contributed by atoms with Crippen molar-refractivity contribution in [3.63, 3.8) is 0 Å². The van der Waals surface area contributed by atoms with Gasteiger partial charge in [-0.25, -0.2) is 22.0 Å². The first-order valence-corrected chi connectivity index (χ1v) is 9.74. The van der Waals surface area contributed by atoms with Crippen LogP contribution in [-0.2, 0) is 20.0 Å². The molecule has 0 amide bonds. The fourth-order valence-corrected chi connectivity index (χ4v) is 5.28. The molecule has 1 aromatic heterocycles. The molecule has 0 atom stereocenters. The fourth-order valence-electron chi connectivity index (χ4n) is 1.44. The molecule has 2 rings (SSSR count). The summed E-state index contributed by atoms with van der Waals surface area (Å²) in [4.78, 5) is -0.279. The minimum absolute atomic E-state index is 0.0635. The molecular weight excluding hydrogens is 388 g/mol. The molecule has 0 saturated carbocycles. The Kier molecular flexibility index (Phi) is 4.21. The standard InChI is InChI=1S/C10H9BrN2O4S3/c11-9-5-6-10(18-9)20(16,17)13-7-3-1-2-4-8(7)19(12,14)15/h1-6,13H,(H2,12,14,15). The lowest BCUT2D eigenvalue weighted by atomic mass is 10.3. The van der Waals surface area contributed by atoms with Gasteiger partial charge in [0.2, 0.25) is 10.0 Å². The number of anilines is 1. The molecule has 0 spiro atoms. The average molecular weight is 397 g/mol. The molecule has 6 nitrogen and oxygen atoms in total. The third kappa shape index (κ3) is 3.38. The first-order chi connectivity index (χ1) is 9.20. The Hall–Kier alpha value is -0.940. The second-order valence-electron chi connectivity index (χ2n) is 3.71. The molecule has 0 bridgehead atoms. The summed E-state index contributed by atoms with van der Waals surface area (Å²) in [5.74, 6) is 0. The van der Waals surface area contributed by atoms with Gasteiger partial charge in [-0.15, -0.1) is 11.3 Å². The fraction of sp³-hybridized carbons (Fsp3) is 0. The number of rotatable bonds is 4. The van der Waals surface area contributed by atoms with E-state index in [1.807, 2.05) is 0 Å². The number of nitrogens with two attached hydrogens (primary N) is 1. The molecule has 10 heteroatoms. The first kappa shape index (κ1) is 15.4.